The molecule has 1 atom stereocenters. The van der Waals surface area contributed by atoms with Gasteiger partial charge in [0.2, 0.25) is 0 Å². The van der Waals surface area contributed by atoms with Gasteiger partial charge in [-0.25, -0.2) is 14.4 Å². The van der Waals surface area contributed by atoms with Gasteiger partial charge in [0.05, 0.1) is 5.56 Å². The second-order valence-corrected chi connectivity index (χ2v) is 5.04. The summed E-state index contributed by atoms with van der Waals surface area (Å²) in [5.74, 6) is -2.59. The molecule has 1 rings (SSSR count). The standard InChI is InChI=1S/C11H14N2O5S/c1-5(2)7(10(16)17)12-11(18)13-8-6(9(14)15)3-4-19-8/h3-5,7H,1-2H3,(H,14,15)(H,16,17)(H2,12,13,18). The van der Waals surface area contributed by atoms with Crippen molar-refractivity contribution >= 4 is 34.3 Å². The van der Waals surface area contributed by atoms with Crippen LogP contribution in [0.2, 0.25) is 0 Å². The molecule has 2 amide bonds. The zero-order valence-corrected chi connectivity index (χ0v) is 11.2. The van der Waals surface area contributed by atoms with Crippen LogP contribution in [-0.4, -0.2) is 34.2 Å². The first-order valence-corrected chi connectivity index (χ1v) is 6.32. The molecule has 1 heterocycles. The van der Waals surface area contributed by atoms with Gasteiger partial charge in [-0.05, 0) is 17.4 Å². The van der Waals surface area contributed by atoms with Crippen molar-refractivity contribution < 1.29 is 24.6 Å². The van der Waals surface area contributed by atoms with Crippen LogP contribution in [0.15, 0.2) is 11.4 Å². The fourth-order valence-corrected chi connectivity index (χ4v) is 2.14. The third-order valence-electron chi connectivity index (χ3n) is 2.34. The maximum Gasteiger partial charge on any atom is 0.338 e. The molecular formula is C11H14N2O5S. The van der Waals surface area contributed by atoms with Gasteiger partial charge in [-0.3, -0.25) is 5.32 Å². The van der Waals surface area contributed by atoms with E-state index in [-0.39, 0.29) is 16.5 Å². The first-order valence-electron chi connectivity index (χ1n) is 5.44. The summed E-state index contributed by atoms with van der Waals surface area (Å²) in [5.41, 5.74) is -0.0310. The summed E-state index contributed by atoms with van der Waals surface area (Å²) in [6.07, 6.45) is 0. The van der Waals surface area contributed by atoms with E-state index >= 15 is 0 Å². The summed E-state index contributed by atoms with van der Waals surface area (Å²) in [6.45, 7) is 3.32. The highest BCUT2D eigenvalue weighted by atomic mass is 32.1. The molecule has 1 aromatic heterocycles. The van der Waals surface area contributed by atoms with Crippen molar-refractivity contribution in [2.45, 2.75) is 19.9 Å². The Hall–Kier alpha value is -2.09. The molecule has 1 unspecified atom stereocenters. The van der Waals surface area contributed by atoms with Gasteiger partial charge in [0.15, 0.2) is 0 Å². The number of amides is 2. The number of carboxylic acids is 2. The summed E-state index contributed by atoms with van der Waals surface area (Å²) >= 11 is 1.05. The fraction of sp³-hybridized carbons (Fsp3) is 0.364. The molecule has 0 bridgehead atoms. The molecule has 0 saturated carbocycles. The lowest BCUT2D eigenvalue weighted by Gasteiger charge is -2.18. The summed E-state index contributed by atoms with van der Waals surface area (Å²) in [4.78, 5) is 33.4. The van der Waals surface area contributed by atoms with Crippen LogP contribution in [0, 0.1) is 5.92 Å². The lowest BCUT2D eigenvalue weighted by atomic mass is 10.1. The minimum absolute atomic E-state index is 0.0310. The smallest absolute Gasteiger partial charge is 0.338 e. The van der Waals surface area contributed by atoms with Crippen LogP contribution in [-0.2, 0) is 4.79 Å². The Balaban J connectivity index is 2.72. The van der Waals surface area contributed by atoms with Crippen molar-refractivity contribution in [2.75, 3.05) is 5.32 Å². The van der Waals surface area contributed by atoms with Crippen molar-refractivity contribution in [1.82, 2.24) is 5.32 Å². The summed E-state index contributed by atoms with van der Waals surface area (Å²) < 4.78 is 0. The number of hydrogen-bond donors (Lipinski definition) is 4. The second kappa shape index (κ2) is 6.19. The molecule has 0 spiro atoms. The van der Waals surface area contributed by atoms with Gasteiger partial charge in [-0.15, -0.1) is 11.3 Å². The number of anilines is 1. The van der Waals surface area contributed by atoms with E-state index in [1.165, 1.54) is 11.4 Å². The van der Waals surface area contributed by atoms with E-state index in [9.17, 15) is 14.4 Å². The molecule has 0 radical (unpaired) electrons. The fourth-order valence-electron chi connectivity index (χ4n) is 1.37. The molecule has 7 nitrogen and oxygen atoms in total. The Morgan fingerprint density at radius 1 is 1.26 bits per heavy atom. The highest BCUT2D eigenvalue weighted by molar-refractivity contribution is 7.14. The Morgan fingerprint density at radius 2 is 1.89 bits per heavy atom. The minimum atomic E-state index is -1.16. The van der Waals surface area contributed by atoms with Crippen LogP contribution in [0.5, 0.6) is 0 Å². The van der Waals surface area contributed by atoms with E-state index < -0.39 is 24.0 Å². The monoisotopic (exact) mass is 286 g/mol. The maximum atomic E-state index is 11.6. The maximum absolute atomic E-state index is 11.6. The van der Waals surface area contributed by atoms with Gasteiger partial charge >= 0.3 is 18.0 Å². The van der Waals surface area contributed by atoms with Gasteiger partial charge < -0.3 is 15.5 Å². The highest BCUT2D eigenvalue weighted by Crippen LogP contribution is 2.22. The number of carbonyl (C=O) groups is 3. The molecule has 0 aromatic carbocycles. The Morgan fingerprint density at radius 3 is 2.37 bits per heavy atom. The lowest BCUT2D eigenvalue weighted by Crippen LogP contribution is -2.46. The van der Waals surface area contributed by atoms with E-state index in [0.717, 1.165) is 11.3 Å². The van der Waals surface area contributed by atoms with Crippen LogP contribution < -0.4 is 10.6 Å². The lowest BCUT2D eigenvalue weighted by molar-refractivity contribution is -0.140. The number of thiophene rings is 1. The largest absolute Gasteiger partial charge is 0.480 e. The van der Waals surface area contributed by atoms with Crippen LogP contribution >= 0.6 is 11.3 Å². The summed E-state index contributed by atoms with van der Waals surface area (Å²) in [7, 11) is 0. The molecule has 0 fully saturated rings. The van der Waals surface area contributed by atoms with Gasteiger partial charge in [-0.2, -0.15) is 0 Å². The van der Waals surface area contributed by atoms with E-state index in [4.69, 9.17) is 10.2 Å². The molecule has 0 saturated heterocycles. The molecule has 0 aliphatic heterocycles. The highest BCUT2D eigenvalue weighted by Gasteiger charge is 2.24. The Bertz CT molecular complexity index is 497. The van der Waals surface area contributed by atoms with Crippen molar-refractivity contribution in [3.63, 3.8) is 0 Å². The van der Waals surface area contributed by atoms with Gasteiger partial charge in [-0.1, -0.05) is 13.8 Å². The molecule has 1 aromatic rings. The number of urea groups is 1. The number of aromatic carboxylic acids is 1. The number of hydrogen-bond acceptors (Lipinski definition) is 4. The molecule has 19 heavy (non-hydrogen) atoms. The van der Waals surface area contributed by atoms with Gasteiger partial charge in [0.1, 0.15) is 11.0 Å². The van der Waals surface area contributed by atoms with Crippen molar-refractivity contribution in [3.8, 4) is 0 Å². The van der Waals surface area contributed by atoms with Crippen LogP contribution in [0.4, 0.5) is 9.80 Å². The first kappa shape index (κ1) is 15.0. The number of aliphatic carboxylic acids is 1. The number of carboxylic acid groups (broad SMARTS) is 2. The third-order valence-corrected chi connectivity index (χ3v) is 3.17. The zero-order chi connectivity index (χ0) is 14.6. The normalized spacial score (nSPS) is 11.9. The average Bonchev–Trinajstić information content (AvgIpc) is 2.73. The Labute approximate surface area is 113 Å². The summed E-state index contributed by atoms with van der Waals surface area (Å²) in [6, 6.07) is -0.418. The second-order valence-electron chi connectivity index (χ2n) is 4.13. The Kier molecular flexibility index (Phi) is 4.87. The first-order chi connectivity index (χ1) is 8.82. The predicted molar refractivity (Wildman–Crippen MR) is 69.7 cm³/mol. The van der Waals surface area contributed by atoms with E-state index in [0.29, 0.717) is 0 Å². The quantitative estimate of drug-likeness (QED) is 0.657. The van der Waals surface area contributed by atoms with E-state index in [2.05, 4.69) is 10.6 Å². The third kappa shape index (κ3) is 3.95. The molecule has 4 N–H and O–H groups in total. The molecule has 8 heteroatoms. The minimum Gasteiger partial charge on any atom is -0.480 e. The SMILES string of the molecule is CC(C)C(NC(=O)Nc1sccc1C(=O)O)C(=O)O. The number of nitrogens with one attached hydrogen (secondary N) is 2. The molecule has 104 valence electrons. The van der Waals surface area contributed by atoms with E-state index in [1.54, 1.807) is 13.8 Å². The predicted octanol–water partition coefficient (Wildman–Crippen LogP) is 1.68. The van der Waals surface area contributed by atoms with Crippen molar-refractivity contribution in [2.24, 2.45) is 5.92 Å². The van der Waals surface area contributed by atoms with Gasteiger partial charge in [0, 0.05) is 0 Å². The van der Waals surface area contributed by atoms with Gasteiger partial charge in [0.25, 0.3) is 0 Å². The zero-order valence-electron chi connectivity index (χ0n) is 10.3. The average molecular weight is 286 g/mol. The molecular weight excluding hydrogens is 272 g/mol. The number of carbonyl (C=O) groups excluding carboxylic acids is 1. The van der Waals surface area contributed by atoms with Crippen LogP contribution in [0.25, 0.3) is 0 Å². The van der Waals surface area contributed by atoms with Crippen molar-refractivity contribution in [1.29, 1.82) is 0 Å². The van der Waals surface area contributed by atoms with Crippen LogP contribution in [0.1, 0.15) is 24.2 Å². The number of rotatable bonds is 5. The topological polar surface area (TPSA) is 116 Å². The van der Waals surface area contributed by atoms with Crippen molar-refractivity contribution in [3.05, 3.63) is 17.0 Å². The summed E-state index contributed by atoms with van der Waals surface area (Å²) in [5, 5.41) is 24.1. The van der Waals surface area contributed by atoms with E-state index in [1.807, 2.05) is 0 Å². The molecule has 0 aliphatic rings. The van der Waals surface area contributed by atoms with Crippen LogP contribution in [0.3, 0.4) is 0 Å². The molecule has 0 aliphatic carbocycles.